The van der Waals surface area contributed by atoms with Crippen LogP contribution in [0, 0.1) is 10.8 Å². The van der Waals surface area contributed by atoms with Crippen molar-refractivity contribution in [3.8, 4) is 0 Å². The molecule has 0 aromatic carbocycles. The molecule has 0 aliphatic carbocycles. The van der Waals surface area contributed by atoms with Gasteiger partial charge in [-0.3, -0.25) is 10.8 Å². The summed E-state index contributed by atoms with van der Waals surface area (Å²) in [6.07, 6.45) is 1.50. The number of rotatable bonds is 0. The molecule has 5 heteroatoms. The second-order valence-corrected chi connectivity index (χ2v) is 3.88. The molecule has 0 atom stereocenters. The van der Waals surface area contributed by atoms with E-state index >= 15 is 0 Å². The fourth-order valence-electron chi connectivity index (χ4n) is 1.31. The zero-order valence-electron chi connectivity index (χ0n) is 6.63. The van der Waals surface area contributed by atoms with Gasteiger partial charge < -0.3 is 4.90 Å². The largest absolute Gasteiger partial charge is 0.309 e. The molecular weight excluding hydrogens is 172 g/mol. The number of fused-ring (bicyclic) bond motifs is 1. The fourth-order valence-corrected chi connectivity index (χ4v) is 2.30. The van der Waals surface area contributed by atoms with Crippen molar-refractivity contribution in [3.05, 3.63) is 0 Å². The molecule has 2 heterocycles. The van der Waals surface area contributed by atoms with Crippen molar-refractivity contribution in [2.24, 2.45) is 4.99 Å². The number of aliphatic imine (C=N–C) groups is 1. The quantitative estimate of drug-likeness (QED) is 0.590. The van der Waals surface area contributed by atoms with E-state index in [9.17, 15) is 0 Å². The van der Waals surface area contributed by atoms with Crippen LogP contribution < -0.4 is 0 Å². The van der Waals surface area contributed by atoms with Crippen LogP contribution in [0.3, 0.4) is 0 Å². The van der Waals surface area contributed by atoms with Gasteiger partial charge in [-0.2, -0.15) is 0 Å². The molecule has 0 saturated carbocycles. The Morgan fingerprint density at radius 2 is 2.25 bits per heavy atom. The highest BCUT2D eigenvalue weighted by atomic mass is 32.2. The predicted molar refractivity (Wildman–Crippen MR) is 51.3 cm³/mol. The first kappa shape index (κ1) is 7.79. The second-order valence-electron chi connectivity index (χ2n) is 2.82. The average Bonchev–Trinajstić information content (AvgIpc) is 2.04. The van der Waals surface area contributed by atoms with Crippen LogP contribution in [0.2, 0.25) is 0 Å². The molecule has 0 bridgehead atoms. The van der Waals surface area contributed by atoms with E-state index in [0.717, 1.165) is 23.9 Å². The molecular formula is C7H10N4S. The summed E-state index contributed by atoms with van der Waals surface area (Å²) in [5, 5.41) is 15.9. The second kappa shape index (κ2) is 2.90. The third-order valence-corrected chi connectivity index (χ3v) is 2.94. The minimum absolute atomic E-state index is 0.320. The highest BCUT2D eigenvalue weighted by Gasteiger charge is 2.25. The van der Waals surface area contributed by atoms with Crippen molar-refractivity contribution in [2.45, 2.75) is 12.8 Å². The van der Waals surface area contributed by atoms with Crippen LogP contribution >= 0.6 is 11.8 Å². The number of hydrogen-bond acceptors (Lipinski definition) is 3. The maximum Gasteiger partial charge on any atom is 0.171 e. The summed E-state index contributed by atoms with van der Waals surface area (Å²) in [4.78, 5) is 6.01. The highest BCUT2D eigenvalue weighted by Crippen LogP contribution is 2.21. The minimum atomic E-state index is 0.320. The van der Waals surface area contributed by atoms with Crippen LogP contribution in [-0.4, -0.2) is 34.0 Å². The Balaban J connectivity index is 2.28. The van der Waals surface area contributed by atoms with Crippen LogP contribution in [0.1, 0.15) is 12.8 Å². The number of hydrogen-bond donors (Lipinski definition) is 2. The van der Waals surface area contributed by atoms with Gasteiger partial charge in [0.1, 0.15) is 11.7 Å². The molecule has 0 aromatic heterocycles. The lowest BCUT2D eigenvalue weighted by molar-refractivity contribution is 0.583. The van der Waals surface area contributed by atoms with Crippen molar-refractivity contribution in [1.29, 1.82) is 10.8 Å². The molecule has 2 aliphatic rings. The molecule has 4 nitrogen and oxygen atoms in total. The Hall–Kier alpha value is -0.840. The molecule has 2 aliphatic heterocycles. The summed E-state index contributed by atoms with van der Waals surface area (Å²) in [6, 6.07) is 0. The molecule has 12 heavy (non-hydrogen) atoms. The fraction of sp³-hybridized carbons (Fsp3) is 0.571. The monoisotopic (exact) mass is 182 g/mol. The molecule has 1 saturated heterocycles. The van der Waals surface area contributed by atoms with Crippen LogP contribution in [-0.2, 0) is 0 Å². The first-order valence-electron chi connectivity index (χ1n) is 3.91. The zero-order chi connectivity index (χ0) is 8.55. The number of thioether (sulfide) groups is 1. The normalized spacial score (nSPS) is 23.7. The van der Waals surface area contributed by atoms with Gasteiger partial charge in [-0.25, -0.2) is 4.99 Å². The maximum absolute atomic E-state index is 7.63. The first-order valence-corrected chi connectivity index (χ1v) is 4.90. The Bertz CT molecular complexity index is 271. The lowest BCUT2D eigenvalue weighted by Crippen LogP contribution is -2.42. The SMILES string of the molecule is N=C1CC(=N)N2CCCSC2=N1. The molecule has 64 valence electrons. The van der Waals surface area contributed by atoms with Crippen molar-refractivity contribution >= 4 is 28.6 Å². The predicted octanol–water partition coefficient (Wildman–Crippen LogP) is 1.14. The summed E-state index contributed by atoms with van der Waals surface area (Å²) in [7, 11) is 0. The molecule has 0 aromatic rings. The van der Waals surface area contributed by atoms with Gasteiger partial charge in [0.05, 0.1) is 6.42 Å². The van der Waals surface area contributed by atoms with Crippen molar-refractivity contribution < 1.29 is 0 Å². The van der Waals surface area contributed by atoms with Crippen LogP contribution in [0.25, 0.3) is 0 Å². The summed E-state index contributed by atoms with van der Waals surface area (Å²) >= 11 is 1.65. The summed E-state index contributed by atoms with van der Waals surface area (Å²) < 4.78 is 0. The van der Waals surface area contributed by atoms with Crippen molar-refractivity contribution in [2.75, 3.05) is 12.3 Å². The van der Waals surface area contributed by atoms with Gasteiger partial charge in [0.25, 0.3) is 0 Å². The lowest BCUT2D eigenvalue weighted by atomic mass is 10.3. The third-order valence-electron chi connectivity index (χ3n) is 1.88. The Kier molecular flexibility index (Phi) is 1.88. The zero-order valence-corrected chi connectivity index (χ0v) is 7.45. The molecule has 0 radical (unpaired) electrons. The Morgan fingerprint density at radius 1 is 1.42 bits per heavy atom. The van der Waals surface area contributed by atoms with E-state index in [1.165, 1.54) is 0 Å². The van der Waals surface area contributed by atoms with Gasteiger partial charge in [0.15, 0.2) is 5.17 Å². The Morgan fingerprint density at radius 3 is 3.08 bits per heavy atom. The summed E-state index contributed by atoms with van der Waals surface area (Å²) in [5.41, 5.74) is 0. The highest BCUT2D eigenvalue weighted by molar-refractivity contribution is 8.13. The van der Waals surface area contributed by atoms with E-state index < -0.39 is 0 Å². The topological polar surface area (TPSA) is 63.3 Å². The maximum atomic E-state index is 7.63. The smallest absolute Gasteiger partial charge is 0.171 e. The minimum Gasteiger partial charge on any atom is -0.309 e. The molecule has 0 spiro atoms. The molecule has 1 fully saturated rings. The van der Waals surface area contributed by atoms with Crippen molar-refractivity contribution in [1.82, 2.24) is 4.90 Å². The van der Waals surface area contributed by atoms with Crippen LogP contribution in [0.5, 0.6) is 0 Å². The van der Waals surface area contributed by atoms with E-state index in [-0.39, 0.29) is 0 Å². The van der Waals surface area contributed by atoms with Crippen LogP contribution in [0.4, 0.5) is 0 Å². The number of nitrogens with zero attached hydrogens (tertiary/aromatic N) is 2. The summed E-state index contributed by atoms with van der Waals surface area (Å²) in [5.74, 6) is 1.91. The van der Waals surface area contributed by atoms with E-state index in [4.69, 9.17) is 10.8 Å². The number of nitrogens with one attached hydrogen (secondary N) is 2. The van der Waals surface area contributed by atoms with Gasteiger partial charge in [0.2, 0.25) is 0 Å². The standard InChI is InChI=1S/C7H10N4S/c8-5-4-6(9)11-2-1-3-12-7(11)10-5/h8-9H,1-4H2. The molecule has 2 rings (SSSR count). The van der Waals surface area contributed by atoms with E-state index in [0.29, 0.717) is 18.1 Å². The third kappa shape index (κ3) is 1.24. The Labute approximate surface area is 75.1 Å². The summed E-state index contributed by atoms with van der Waals surface area (Å²) in [6.45, 7) is 0.901. The van der Waals surface area contributed by atoms with Gasteiger partial charge in [-0.1, -0.05) is 11.8 Å². The van der Waals surface area contributed by atoms with Gasteiger partial charge in [0, 0.05) is 12.3 Å². The number of amidine groups is 3. The van der Waals surface area contributed by atoms with E-state index in [1.54, 1.807) is 11.8 Å². The lowest BCUT2D eigenvalue weighted by Gasteiger charge is -2.32. The van der Waals surface area contributed by atoms with E-state index in [1.807, 2.05) is 4.90 Å². The molecule has 0 unspecified atom stereocenters. The van der Waals surface area contributed by atoms with E-state index in [2.05, 4.69) is 4.99 Å². The average molecular weight is 182 g/mol. The van der Waals surface area contributed by atoms with Gasteiger partial charge in [-0.15, -0.1) is 0 Å². The van der Waals surface area contributed by atoms with Gasteiger partial charge >= 0.3 is 0 Å². The molecule has 2 N–H and O–H groups in total. The molecule has 0 amide bonds. The van der Waals surface area contributed by atoms with Gasteiger partial charge in [-0.05, 0) is 6.42 Å². The first-order chi connectivity index (χ1) is 5.77. The van der Waals surface area contributed by atoms with Crippen LogP contribution in [0.15, 0.2) is 4.99 Å². The van der Waals surface area contributed by atoms with Crippen molar-refractivity contribution in [3.63, 3.8) is 0 Å².